The summed E-state index contributed by atoms with van der Waals surface area (Å²) < 4.78 is 6.35. The van der Waals surface area contributed by atoms with Crippen LogP contribution in [-0.4, -0.2) is 23.9 Å². The Kier molecular flexibility index (Phi) is 6.77. The maximum absolute atomic E-state index is 12.8. The van der Waals surface area contributed by atoms with E-state index in [2.05, 4.69) is 21.7 Å². The number of rotatable bonds is 8. The number of amides is 2. The van der Waals surface area contributed by atoms with Crippen LogP contribution in [0.25, 0.3) is 10.2 Å². The molecule has 0 radical (unpaired) electrons. The van der Waals surface area contributed by atoms with Crippen molar-refractivity contribution in [1.29, 1.82) is 0 Å². The molecule has 162 valence electrons. The minimum Gasteiger partial charge on any atom is -0.497 e. The van der Waals surface area contributed by atoms with Gasteiger partial charge in [-0.1, -0.05) is 30.3 Å². The maximum atomic E-state index is 12.8. The fraction of sp³-hybridized carbons (Fsp3) is 0.160. The number of para-hydroxylation sites is 2. The van der Waals surface area contributed by atoms with E-state index in [9.17, 15) is 9.59 Å². The second kappa shape index (κ2) is 10.1. The van der Waals surface area contributed by atoms with Crippen molar-refractivity contribution in [2.45, 2.75) is 19.3 Å². The molecular weight excluding hydrogens is 422 g/mol. The summed E-state index contributed by atoms with van der Waals surface area (Å²) in [6, 6.07) is 22.1. The van der Waals surface area contributed by atoms with Crippen LogP contribution in [0.4, 0.5) is 11.4 Å². The smallest absolute Gasteiger partial charge is 0.257 e. The third-order valence-corrected chi connectivity index (χ3v) is 6.00. The molecule has 4 aromatic rings. The monoisotopic (exact) mass is 445 g/mol. The molecule has 0 saturated carbocycles. The lowest BCUT2D eigenvalue weighted by Crippen LogP contribution is -2.18. The van der Waals surface area contributed by atoms with Crippen molar-refractivity contribution in [2.75, 3.05) is 17.7 Å². The highest BCUT2D eigenvalue weighted by atomic mass is 32.1. The topological polar surface area (TPSA) is 80.3 Å². The fourth-order valence-corrected chi connectivity index (χ4v) is 4.34. The van der Waals surface area contributed by atoms with Gasteiger partial charge in [0, 0.05) is 18.2 Å². The number of hydrogen-bond donors (Lipinski definition) is 2. The Balaban J connectivity index is 1.35. The number of ether oxygens (including phenoxy) is 1. The molecule has 7 heteroatoms. The van der Waals surface area contributed by atoms with Crippen molar-refractivity contribution in [3.05, 3.63) is 83.4 Å². The normalized spacial score (nSPS) is 10.7. The number of aryl methyl sites for hydroxylation is 1. The summed E-state index contributed by atoms with van der Waals surface area (Å²) in [7, 11) is 1.57. The number of hydrogen-bond acceptors (Lipinski definition) is 5. The summed E-state index contributed by atoms with van der Waals surface area (Å²) in [5, 5.41) is 6.74. The molecule has 0 fully saturated rings. The summed E-state index contributed by atoms with van der Waals surface area (Å²) >= 11 is 1.66. The predicted molar refractivity (Wildman–Crippen MR) is 129 cm³/mol. The average Bonchev–Trinajstić information content (AvgIpc) is 3.22. The minimum atomic E-state index is -0.302. The molecule has 0 saturated heterocycles. The molecule has 1 heterocycles. The number of nitrogens with zero attached hydrogens (tertiary/aromatic N) is 1. The number of anilines is 2. The molecule has 3 aromatic carbocycles. The van der Waals surface area contributed by atoms with E-state index in [0.717, 1.165) is 21.6 Å². The number of benzene rings is 3. The quantitative estimate of drug-likeness (QED) is 0.374. The van der Waals surface area contributed by atoms with Gasteiger partial charge in [-0.25, -0.2) is 4.98 Å². The Hall–Kier alpha value is -3.71. The second-order valence-corrected chi connectivity index (χ2v) is 8.32. The number of methoxy groups -OCH3 is 1. The van der Waals surface area contributed by atoms with Crippen molar-refractivity contribution in [2.24, 2.45) is 0 Å². The van der Waals surface area contributed by atoms with E-state index in [1.54, 1.807) is 67.0 Å². The van der Waals surface area contributed by atoms with Crippen LogP contribution < -0.4 is 15.4 Å². The van der Waals surface area contributed by atoms with E-state index in [1.165, 1.54) is 0 Å². The number of aromatic nitrogens is 1. The van der Waals surface area contributed by atoms with Crippen molar-refractivity contribution >= 4 is 44.7 Å². The van der Waals surface area contributed by atoms with E-state index in [1.807, 2.05) is 18.2 Å². The zero-order valence-corrected chi connectivity index (χ0v) is 18.4. The number of nitrogens with one attached hydrogen (secondary N) is 2. The lowest BCUT2D eigenvalue weighted by molar-refractivity contribution is -0.116. The molecule has 0 aliphatic heterocycles. The van der Waals surface area contributed by atoms with Crippen LogP contribution in [0.5, 0.6) is 5.75 Å². The van der Waals surface area contributed by atoms with Crippen LogP contribution in [0, 0.1) is 0 Å². The highest BCUT2D eigenvalue weighted by Crippen LogP contribution is 2.23. The minimum absolute atomic E-state index is 0.132. The Labute approximate surface area is 190 Å². The molecule has 0 atom stereocenters. The number of carbonyl (C=O) groups is 2. The zero-order valence-electron chi connectivity index (χ0n) is 17.6. The first-order valence-electron chi connectivity index (χ1n) is 10.3. The van der Waals surface area contributed by atoms with Gasteiger partial charge in [0.15, 0.2) is 0 Å². The second-order valence-electron chi connectivity index (χ2n) is 7.21. The lowest BCUT2D eigenvalue weighted by atomic mass is 10.1. The van der Waals surface area contributed by atoms with E-state index in [0.29, 0.717) is 35.5 Å². The fourth-order valence-electron chi connectivity index (χ4n) is 3.33. The number of thiazole rings is 1. The molecule has 2 N–H and O–H groups in total. The first kappa shape index (κ1) is 21.5. The van der Waals surface area contributed by atoms with Crippen molar-refractivity contribution in [3.8, 4) is 5.75 Å². The average molecular weight is 446 g/mol. The van der Waals surface area contributed by atoms with Gasteiger partial charge in [-0.2, -0.15) is 0 Å². The van der Waals surface area contributed by atoms with Crippen LogP contribution in [0.15, 0.2) is 72.8 Å². The van der Waals surface area contributed by atoms with Gasteiger partial charge in [-0.05, 0) is 49.2 Å². The number of carbonyl (C=O) groups excluding carboxylic acids is 2. The van der Waals surface area contributed by atoms with E-state index < -0.39 is 0 Å². The summed E-state index contributed by atoms with van der Waals surface area (Å²) in [5.74, 6) is 0.217. The van der Waals surface area contributed by atoms with Gasteiger partial charge in [-0.15, -0.1) is 11.3 Å². The van der Waals surface area contributed by atoms with Crippen molar-refractivity contribution in [1.82, 2.24) is 4.98 Å². The van der Waals surface area contributed by atoms with E-state index in [4.69, 9.17) is 4.74 Å². The first-order valence-corrected chi connectivity index (χ1v) is 11.1. The Bertz CT molecular complexity index is 1220. The molecule has 0 spiro atoms. The Morgan fingerprint density at radius 1 is 0.969 bits per heavy atom. The third-order valence-electron chi connectivity index (χ3n) is 4.91. The van der Waals surface area contributed by atoms with Gasteiger partial charge in [0.05, 0.1) is 33.6 Å². The van der Waals surface area contributed by atoms with Crippen LogP contribution in [-0.2, 0) is 11.2 Å². The summed E-state index contributed by atoms with van der Waals surface area (Å²) in [6.07, 6.45) is 1.77. The van der Waals surface area contributed by atoms with Gasteiger partial charge in [0.1, 0.15) is 5.75 Å². The standard InChI is InChI=1S/C25H23N3O3S/c1-31-18-9-6-8-17(16-18)26-25(30)19-10-2-3-11-20(19)27-23(29)14-7-15-24-28-21-12-4-5-13-22(21)32-24/h2-6,8-13,16H,7,14-15H2,1H3,(H,26,30)(H,27,29). The third kappa shape index (κ3) is 5.31. The molecule has 1 aromatic heterocycles. The largest absolute Gasteiger partial charge is 0.497 e. The lowest BCUT2D eigenvalue weighted by Gasteiger charge is -2.12. The summed E-state index contributed by atoms with van der Waals surface area (Å²) in [5.41, 5.74) is 2.49. The molecule has 0 aliphatic rings. The van der Waals surface area contributed by atoms with Gasteiger partial charge in [0.2, 0.25) is 5.91 Å². The molecule has 0 unspecified atom stereocenters. The van der Waals surface area contributed by atoms with Gasteiger partial charge < -0.3 is 15.4 Å². The van der Waals surface area contributed by atoms with Crippen molar-refractivity contribution in [3.63, 3.8) is 0 Å². The van der Waals surface area contributed by atoms with Crippen LogP contribution in [0.3, 0.4) is 0 Å². The molecule has 32 heavy (non-hydrogen) atoms. The van der Waals surface area contributed by atoms with E-state index in [-0.39, 0.29) is 11.8 Å². The van der Waals surface area contributed by atoms with Crippen LogP contribution in [0.1, 0.15) is 28.2 Å². The Morgan fingerprint density at radius 3 is 2.62 bits per heavy atom. The first-order chi connectivity index (χ1) is 15.6. The number of fused-ring (bicyclic) bond motifs is 1. The highest BCUT2D eigenvalue weighted by Gasteiger charge is 2.14. The SMILES string of the molecule is COc1cccc(NC(=O)c2ccccc2NC(=O)CCCc2nc3ccccc3s2)c1. The zero-order chi connectivity index (χ0) is 22.3. The molecular formula is C25H23N3O3S. The van der Waals surface area contributed by atoms with Gasteiger partial charge in [-0.3, -0.25) is 9.59 Å². The van der Waals surface area contributed by atoms with Gasteiger partial charge >= 0.3 is 0 Å². The van der Waals surface area contributed by atoms with Crippen molar-refractivity contribution < 1.29 is 14.3 Å². The molecule has 6 nitrogen and oxygen atoms in total. The maximum Gasteiger partial charge on any atom is 0.257 e. The molecule has 0 bridgehead atoms. The van der Waals surface area contributed by atoms with Crippen LogP contribution in [0.2, 0.25) is 0 Å². The predicted octanol–water partition coefficient (Wildman–Crippen LogP) is 5.52. The summed E-state index contributed by atoms with van der Waals surface area (Å²) in [4.78, 5) is 29.9. The van der Waals surface area contributed by atoms with Crippen LogP contribution >= 0.6 is 11.3 Å². The van der Waals surface area contributed by atoms with E-state index >= 15 is 0 Å². The summed E-state index contributed by atoms with van der Waals surface area (Å²) in [6.45, 7) is 0. The molecule has 0 aliphatic carbocycles. The molecule has 2 amide bonds. The highest BCUT2D eigenvalue weighted by molar-refractivity contribution is 7.18. The molecule has 4 rings (SSSR count). The van der Waals surface area contributed by atoms with Gasteiger partial charge in [0.25, 0.3) is 5.91 Å². The Morgan fingerprint density at radius 2 is 1.78 bits per heavy atom.